The molecule has 0 radical (unpaired) electrons. The van der Waals surface area contributed by atoms with Crippen molar-refractivity contribution in [3.63, 3.8) is 0 Å². The lowest BCUT2D eigenvalue weighted by Crippen LogP contribution is -2.48. The van der Waals surface area contributed by atoms with E-state index in [4.69, 9.17) is 14.3 Å². The van der Waals surface area contributed by atoms with E-state index in [1.165, 1.54) is 0 Å². The minimum atomic E-state index is -0.624. The predicted molar refractivity (Wildman–Crippen MR) is 65.1 cm³/mol. The SMILES string of the molecule is CC(C)(C)OC(=O)ON1CCN(C[C@@H]2CO2)CC1. The molecule has 0 saturated carbocycles. The molecule has 6 heteroatoms. The van der Waals surface area contributed by atoms with Crippen molar-refractivity contribution in [2.24, 2.45) is 0 Å². The van der Waals surface area contributed by atoms with Gasteiger partial charge in [-0.2, -0.15) is 0 Å². The number of hydrogen-bond donors (Lipinski definition) is 0. The van der Waals surface area contributed by atoms with Gasteiger partial charge in [0.05, 0.1) is 12.7 Å². The van der Waals surface area contributed by atoms with Gasteiger partial charge in [-0.15, -0.1) is 5.06 Å². The fourth-order valence-corrected chi connectivity index (χ4v) is 1.84. The number of hydrogen-bond acceptors (Lipinski definition) is 6. The Bertz CT molecular complexity index is 291. The molecule has 0 aromatic carbocycles. The molecule has 2 aliphatic rings. The zero-order valence-electron chi connectivity index (χ0n) is 11.3. The van der Waals surface area contributed by atoms with E-state index < -0.39 is 11.8 Å². The first-order chi connectivity index (χ1) is 8.42. The highest BCUT2D eigenvalue weighted by molar-refractivity contribution is 5.60. The Labute approximate surface area is 108 Å². The van der Waals surface area contributed by atoms with Crippen LogP contribution in [-0.4, -0.2) is 67.2 Å². The zero-order valence-corrected chi connectivity index (χ0v) is 11.3. The van der Waals surface area contributed by atoms with E-state index in [2.05, 4.69) is 4.90 Å². The highest BCUT2D eigenvalue weighted by Crippen LogP contribution is 2.14. The summed E-state index contributed by atoms with van der Waals surface area (Å²) in [7, 11) is 0. The molecule has 0 bridgehead atoms. The van der Waals surface area contributed by atoms with Crippen LogP contribution in [0.5, 0.6) is 0 Å². The third-order valence-corrected chi connectivity index (χ3v) is 2.79. The molecule has 0 unspecified atom stereocenters. The average molecular weight is 258 g/mol. The number of carbonyl (C=O) groups is 1. The van der Waals surface area contributed by atoms with Crippen LogP contribution < -0.4 is 0 Å². The van der Waals surface area contributed by atoms with E-state index in [-0.39, 0.29) is 0 Å². The number of epoxide rings is 1. The molecule has 0 N–H and O–H groups in total. The molecule has 0 aromatic rings. The van der Waals surface area contributed by atoms with E-state index in [0.29, 0.717) is 19.2 Å². The summed E-state index contributed by atoms with van der Waals surface area (Å²) >= 11 is 0. The molecule has 2 heterocycles. The quantitative estimate of drug-likeness (QED) is 0.553. The number of hydroxylamine groups is 2. The van der Waals surface area contributed by atoms with Gasteiger partial charge in [0.15, 0.2) is 0 Å². The Balaban J connectivity index is 1.64. The Morgan fingerprint density at radius 2 is 1.89 bits per heavy atom. The zero-order chi connectivity index (χ0) is 13.2. The smallest absolute Gasteiger partial charge is 0.427 e. The summed E-state index contributed by atoms with van der Waals surface area (Å²) in [4.78, 5) is 19.0. The van der Waals surface area contributed by atoms with Crippen molar-refractivity contribution < 1.29 is 19.1 Å². The van der Waals surface area contributed by atoms with Crippen molar-refractivity contribution in [3.8, 4) is 0 Å². The van der Waals surface area contributed by atoms with Gasteiger partial charge in [0.2, 0.25) is 0 Å². The molecule has 0 aliphatic carbocycles. The lowest BCUT2D eigenvalue weighted by molar-refractivity contribution is -0.158. The maximum Gasteiger partial charge on any atom is 0.528 e. The van der Waals surface area contributed by atoms with E-state index in [9.17, 15) is 4.79 Å². The van der Waals surface area contributed by atoms with Gasteiger partial charge in [0.25, 0.3) is 0 Å². The van der Waals surface area contributed by atoms with Gasteiger partial charge in [-0.1, -0.05) is 0 Å². The molecule has 18 heavy (non-hydrogen) atoms. The number of ether oxygens (including phenoxy) is 2. The second-order valence-corrected chi connectivity index (χ2v) is 5.74. The molecule has 2 aliphatic heterocycles. The highest BCUT2D eigenvalue weighted by Gasteiger charge is 2.29. The van der Waals surface area contributed by atoms with Crippen LogP contribution in [0.15, 0.2) is 0 Å². The second-order valence-electron chi connectivity index (χ2n) is 5.74. The van der Waals surface area contributed by atoms with E-state index in [1.807, 2.05) is 20.8 Å². The Hall–Kier alpha value is -0.850. The third-order valence-electron chi connectivity index (χ3n) is 2.79. The highest BCUT2D eigenvalue weighted by atomic mass is 16.8. The first-order valence-corrected chi connectivity index (χ1v) is 6.42. The minimum Gasteiger partial charge on any atom is -0.427 e. The molecule has 2 rings (SSSR count). The van der Waals surface area contributed by atoms with Gasteiger partial charge < -0.3 is 14.3 Å². The van der Waals surface area contributed by atoms with Crippen molar-refractivity contribution in [2.75, 3.05) is 39.3 Å². The van der Waals surface area contributed by atoms with Gasteiger partial charge in [0.1, 0.15) is 5.60 Å². The summed E-state index contributed by atoms with van der Waals surface area (Å²) in [6.07, 6.45) is -0.204. The van der Waals surface area contributed by atoms with Crippen LogP contribution in [0.25, 0.3) is 0 Å². The fraction of sp³-hybridized carbons (Fsp3) is 0.917. The molecular formula is C12H22N2O4. The predicted octanol–water partition coefficient (Wildman–Crippen LogP) is 0.869. The Morgan fingerprint density at radius 1 is 1.28 bits per heavy atom. The molecule has 2 saturated heterocycles. The van der Waals surface area contributed by atoms with Crippen LogP contribution in [0, 0.1) is 0 Å². The third kappa shape index (κ3) is 4.80. The average Bonchev–Trinajstić information content (AvgIpc) is 3.02. The van der Waals surface area contributed by atoms with Crippen LogP contribution in [0.4, 0.5) is 4.79 Å². The maximum absolute atomic E-state index is 11.5. The molecule has 6 nitrogen and oxygen atoms in total. The van der Waals surface area contributed by atoms with Crippen molar-refractivity contribution >= 4 is 6.16 Å². The van der Waals surface area contributed by atoms with Crippen molar-refractivity contribution in [2.45, 2.75) is 32.5 Å². The molecule has 0 spiro atoms. The molecule has 0 aromatic heterocycles. The van der Waals surface area contributed by atoms with Crippen LogP contribution >= 0.6 is 0 Å². The lowest BCUT2D eigenvalue weighted by Gasteiger charge is -2.33. The van der Waals surface area contributed by atoms with E-state index in [0.717, 1.165) is 26.2 Å². The van der Waals surface area contributed by atoms with Crippen LogP contribution in [0.2, 0.25) is 0 Å². The van der Waals surface area contributed by atoms with Crippen LogP contribution in [0.3, 0.4) is 0 Å². The lowest BCUT2D eigenvalue weighted by atomic mass is 10.2. The molecular weight excluding hydrogens is 236 g/mol. The maximum atomic E-state index is 11.5. The Morgan fingerprint density at radius 3 is 2.39 bits per heavy atom. The monoisotopic (exact) mass is 258 g/mol. The normalized spacial score (nSPS) is 25.8. The van der Waals surface area contributed by atoms with Crippen molar-refractivity contribution in [1.82, 2.24) is 9.96 Å². The number of nitrogens with zero attached hydrogens (tertiary/aromatic N) is 2. The van der Waals surface area contributed by atoms with Gasteiger partial charge in [0, 0.05) is 32.7 Å². The fourth-order valence-electron chi connectivity index (χ4n) is 1.84. The first-order valence-electron chi connectivity index (χ1n) is 6.42. The van der Waals surface area contributed by atoms with Crippen molar-refractivity contribution in [3.05, 3.63) is 0 Å². The van der Waals surface area contributed by atoms with Crippen LogP contribution in [-0.2, 0) is 14.3 Å². The van der Waals surface area contributed by atoms with Gasteiger partial charge in [-0.25, -0.2) is 4.79 Å². The van der Waals surface area contributed by atoms with Gasteiger partial charge in [-0.3, -0.25) is 4.90 Å². The van der Waals surface area contributed by atoms with Gasteiger partial charge >= 0.3 is 6.16 Å². The number of rotatable bonds is 3. The second kappa shape index (κ2) is 5.42. The molecule has 104 valence electrons. The summed E-state index contributed by atoms with van der Waals surface area (Å²) in [5.74, 6) is 0. The summed E-state index contributed by atoms with van der Waals surface area (Å²) in [6, 6.07) is 0. The molecule has 0 amide bonds. The number of piperazine rings is 1. The molecule has 2 fully saturated rings. The number of carbonyl (C=O) groups excluding carboxylic acids is 1. The summed E-state index contributed by atoms with van der Waals surface area (Å²) < 4.78 is 10.3. The minimum absolute atomic E-state index is 0.420. The Kier molecular flexibility index (Phi) is 4.09. The standard InChI is InChI=1S/C12H22N2O4/c1-12(2,3)17-11(15)18-14-6-4-13(5-7-14)8-10-9-16-10/h10H,4-9H2,1-3H3/t10-/m1/s1. The summed E-state index contributed by atoms with van der Waals surface area (Å²) in [5.41, 5.74) is -0.512. The summed E-state index contributed by atoms with van der Waals surface area (Å²) in [5, 5.41) is 1.67. The van der Waals surface area contributed by atoms with Gasteiger partial charge in [-0.05, 0) is 20.8 Å². The largest absolute Gasteiger partial charge is 0.528 e. The first kappa shape index (κ1) is 13.6. The van der Waals surface area contributed by atoms with E-state index >= 15 is 0 Å². The van der Waals surface area contributed by atoms with Crippen LogP contribution in [0.1, 0.15) is 20.8 Å². The molecule has 1 atom stereocenters. The van der Waals surface area contributed by atoms with Crippen molar-refractivity contribution in [1.29, 1.82) is 0 Å². The van der Waals surface area contributed by atoms with E-state index in [1.54, 1.807) is 5.06 Å². The summed E-state index contributed by atoms with van der Waals surface area (Å²) in [6.45, 7) is 10.5. The topological polar surface area (TPSA) is 54.5 Å².